The van der Waals surface area contributed by atoms with Gasteiger partial charge in [-0.1, -0.05) is 36.7 Å². The van der Waals surface area contributed by atoms with Gasteiger partial charge in [0.2, 0.25) is 5.91 Å². The molecule has 2 aliphatic heterocycles. The van der Waals surface area contributed by atoms with Gasteiger partial charge in [-0.15, -0.1) is 0 Å². The van der Waals surface area contributed by atoms with Gasteiger partial charge in [0.25, 0.3) is 0 Å². The first-order chi connectivity index (χ1) is 17.7. The third-order valence-electron chi connectivity index (χ3n) is 7.01. The second-order valence-electron chi connectivity index (χ2n) is 9.76. The van der Waals surface area contributed by atoms with Crippen LogP contribution in [0.4, 0.5) is 24.5 Å². The SMILES string of the molecule is C.Cc1ccc(N2CCN(CCCC(=O)N3CCC(Nc4ccc(Cl)c(SC(F)(F)F)c4)CC3)CC2)cc1. The number of nitrogens with one attached hydrogen (secondary N) is 1. The fourth-order valence-electron chi connectivity index (χ4n) is 4.90. The van der Waals surface area contributed by atoms with Gasteiger partial charge in [0.15, 0.2) is 0 Å². The van der Waals surface area contributed by atoms with Crippen LogP contribution in [0.25, 0.3) is 0 Å². The zero-order valence-corrected chi connectivity index (χ0v) is 22.6. The van der Waals surface area contributed by atoms with Crippen molar-refractivity contribution in [1.29, 1.82) is 0 Å². The first kappa shape index (κ1) is 30.4. The van der Waals surface area contributed by atoms with Crippen LogP contribution >= 0.6 is 23.4 Å². The van der Waals surface area contributed by atoms with E-state index in [1.807, 2.05) is 4.90 Å². The molecule has 2 aromatic rings. The van der Waals surface area contributed by atoms with Crippen LogP contribution in [-0.4, -0.2) is 73.1 Å². The van der Waals surface area contributed by atoms with Gasteiger partial charge in [-0.25, -0.2) is 0 Å². The van der Waals surface area contributed by atoms with Crippen molar-refractivity contribution in [2.75, 3.05) is 56.0 Å². The number of halogens is 4. The van der Waals surface area contributed by atoms with Crippen molar-refractivity contribution >= 4 is 40.6 Å². The van der Waals surface area contributed by atoms with E-state index >= 15 is 0 Å². The molecule has 5 nitrogen and oxygen atoms in total. The molecule has 0 bridgehead atoms. The van der Waals surface area contributed by atoms with E-state index in [1.165, 1.54) is 23.4 Å². The lowest BCUT2D eigenvalue weighted by atomic mass is 10.0. The highest BCUT2D eigenvalue weighted by molar-refractivity contribution is 8.00. The quantitative estimate of drug-likeness (QED) is 0.349. The van der Waals surface area contributed by atoms with Crippen LogP contribution in [0.2, 0.25) is 5.02 Å². The normalized spacial score (nSPS) is 17.3. The molecule has 2 aromatic carbocycles. The zero-order valence-electron chi connectivity index (χ0n) is 21.1. The minimum absolute atomic E-state index is 0. The molecule has 1 N–H and O–H groups in total. The van der Waals surface area contributed by atoms with Crippen molar-refractivity contribution in [2.45, 2.75) is 56.5 Å². The largest absolute Gasteiger partial charge is 0.446 e. The molecule has 2 aliphatic rings. The molecule has 210 valence electrons. The monoisotopic (exact) mass is 570 g/mol. The van der Waals surface area contributed by atoms with Crippen LogP contribution in [0.3, 0.4) is 0 Å². The lowest BCUT2D eigenvalue weighted by Crippen LogP contribution is -2.47. The van der Waals surface area contributed by atoms with Crippen LogP contribution in [-0.2, 0) is 4.79 Å². The van der Waals surface area contributed by atoms with E-state index in [4.69, 9.17) is 11.6 Å². The number of alkyl halides is 3. The van der Waals surface area contributed by atoms with E-state index in [-0.39, 0.29) is 41.1 Å². The van der Waals surface area contributed by atoms with Crippen molar-refractivity contribution in [3.05, 3.63) is 53.1 Å². The van der Waals surface area contributed by atoms with Crippen molar-refractivity contribution in [3.8, 4) is 0 Å². The predicted octanol–water partition coefficient (Wildman–Crippen LogP) is 6.90. The van der Waals surface area contributed by atoms with E-state index in [0.29, 0.717) is 25.2 Å². The number of anilines is 2. The van der Waals surface area contributed by atoms with E-state index in [9.17, 15) is 18.0 Å². The molecule has 10 heteroatoms. The van der Waals surface area contributed by atoms with Crippen LogP contribution in [0.5, 0.6) is 0 Å². The molecule has 0 aliphatic carbocycles. The Hall–Kier alpha value is -2.10. The predicted molar refractivity (Wildman–Crippen MR) is 152 cm³/mol. The second-order valence-corrected chi connectivity index (χ2v) is 11.3. The van der Waals surface area contributed by atoms with Crippen LogP contribution in [0.1, 0.15) is 38.7 Å². The van der Waals surface area contributed by atoms with Crippen LogP contribution in [0.15, 0.2) is 47.4 Å². The van der Waals surface area contributed by atoms with Crippen molar-refractivity contribution in [1.82, 2.24) is 9.80 Å². The number of benzene rings is 2. The number of carbonyl (C=O) groups excluding carboxylic acids is 1. The van der Waals surface area contributed by atoms with Crippen molar-refractivity contribution in [3.63, 3.8) is 0 Å². The molecule has 0 aromatic heterocycles. The summed E-state index contributed by atoms with van der Waals surface area (Å²) in [5.74, 6) is 0.187. The highest BCUT2D eigenvalue weighted by Gasteiger charge is 2.30. The molecular formula is C28H38ClF3N4OS. The van der Waals surface area contributed by atoms with Crippen molar-refractivity contribution < 1.29 is 18.0 Å². The van der Waals surface area contributed by atoms with Gasteiger partial charge in [-0.3, -0.25) is 9.69 Å². The molecular weight excluding hydrogens is 533 g/mol. The number of piperidine rings is 1. The van der Waals surface area contributed by atoms with Crippen LogP contribution in [0, 0.1) is 6.92 Å². The Labute approximate surface area is 233 Å². The second kappa shape index (κ2) is 13.8. The lowest BCUT2D eigenvalue weighted by molar-refractivity contribution is -0.132. The third kappa shape index (κ3) is 8.99. The lowest BCUT2D eigenvalue weighted by Gasteiger charge is -2.36. The summed E-state index contributed by atoms with van der Waals surface area (Å²) in [7, 11) is 0. The molecule has 0 unspecified atom stereocenters. The number of hydrogen-bond acceptors (Lipinski definition) is 5. The number of hydrogen-bond donors (Lipinski definition) is 1. The topological polar surface area (TPSA) is 38.8 Å². The summed E-state index contributed by atoms with van der Waals surface area (Å²) in [6, 6.07) is 13.4. The Balaban J connectivity index is 0.00000400. The highest BCUT2D eigenvalue weighted by Crippen LogP contribution is 2.41. The van der Waals surface area contributed by atoms with Gasteiger partial charge in [0, 0.05) is 68.0 Å². The molecule has 2 heterocycles. The minimum Gasteiger partial charge on any atom is -0.382 e. The average Bonchev–Trinajstić information content (AvgIpc) is 2.86. The maximum atomic E-state index is 12.8. The number of carbonyl (C=O) groups is 1. The van der Waals surface area contributed by atoms with E-state index < -0.39 is 5.51 Å². The minimum atomic E-state index is -4.39. The van der Waals surface area contributed by atoms with Crippen molar-refractivity contribution in [2.24, 2.45) is 0 Å². The van der Waals surface area contributed by atoms with Gasteiger partial charge in [-0.05, 0) is 74.8 Å². The maximum Gasteiger partial charge on any atom is 0.446 e. The number of rotatable bonds is 8. The summed E-state index contributed by atoms with van der Waals surface area (Å²) in [6.45, 7) is 8.36. The van der Waals surface area contributed by atoms with Gasteiger partial charge < -0.3 is 15.1 Å². The van der Waals surface area contributed by atoms with Gasteiger partial charge in [0.1, 0.15) is 0 Å². The van der Waals surface area contributed by atoms with E-state index in [0.717, 1.165) is 52.0 Å². The maximum absolute atomic E-state index is 12.8. The molecule has 0 spiro atoms. The number of piperazine rings is 1. The molecule has 4 rings (SSSR count). The van der Waals surface area contributed by atoms with Crippen LogP contribution < -0.4 is 10.2 Å². The number of amides is 1. The Morgan fingerprint density at radius 2 is 1.68 bits per heavy atom. The van der Waals surface area contributed by atoms with Gasteiger partial charge in [0.05, 0.1) is 5.02 Å². The third-order valence-corrected chi connectivity index (χ3v) is 8.24. The Morgan fingerprint density at radius 1 is 1.03 bits per heavy atom. The Kier molecular flexibility index (Phi) is 11.1. The summed E-state index contributed by atoms with van der Waals surface area (Å²) >= 11 is 5.72. The van der Waals surface area contributed by atoms with E-state index in [1.54, 1.807) is 6.07 Å². The molecule has 0 atom stereocenters. The number of nitrogens with zero attached hydrogens (tertiary/aromatic N) is 3. The summed E-state index contributed by atoms with van der Waals surface area (Å²) < 4.78 is 38.3. The first-order valence-corrected chi connectivity index (χ1v) is 14.0. The number of thioether (sulfide) groups is 1. The Morgan fingerprint density at radius 3 is 2.32 bits per heavy atom. The summed E-state index contributed by atoms with van der Waals surface area (Å²) in [5, 5.41) is 3.39. The number of aryl methyl sites for hydroxylation is 1. The summed E-state index contributed by atoms with van der Waals surface area (Å²) in [6.07, 6.45) is 2.92. The average molecular weight is 571 g/mol. The fourth-order valence-corrected chi connectivity index (χ4v) is 5.74. The molecule has 0 radical (unpaired) electrons. The standard InChI is InChI=1S/C27H34ClF3N4OS.CH4/c1-20-4-7-23(8-5-20)34-17-15-33(16-18-34)12-2-3-26(36)35-13-10-21(11-14-35)32-22-6-9-24(28)25(19-22)37-27(29,30)31;/h4-9,19,21,32H,2-3,10-18H2,1H3;1H4. The molecule has 1 amide bonds. The molecule has 2 saturated heterocycles. The molecule has 2 fully saturated rings. The van der Waals surface area contributed by atoms with Gasteiger partial charge in [-0.2, -0.15) is 13.2 Å². The number of likely N-dealkylation sites (tertiary alicyclic amines) is 1. The summed E-state index contributed by atoms with van der Waals surface area (Å²) in [5.41, 5.74) is -1.23. The fraction of sp³-hybridized carbons (Fsp3) is 0.536. The molecule has 0 saturated carbocycles. The van der Waals surface area contributed by atoms with E-state index in [2.05, 4.69) is 46.3 Å². The zero-order chi connectivity index (χ0) is 26.4. The summed E-state index contributed by atoms with van der Waals surface area (Å²) in [4.78, 5) is 19.5. The molecule has 38 heavy (non-hydrogen) atoms. The highest BCUT2D eigenvalue weighted by atomic mass is 35.5. The van der Waals surface area contributed by atoms with Gasteiger partial charge >= 0.3 is 5.51 Å². The first-order valence-electron chi connectivity index (χ1n) is 12.8. The smallest absolute Gasteiger partial charge is 0.382 e. The Bertz CT molecular complexity index is 1040.